The van der Waals surface area contributed by atoms with Crippen LogP contribution in [-0.2, 0) is 4.79 Å². The maximum absolute atomic E-state index is 10.6. The van der Waals surface area contributed by atoms with Crippen LogP contribution in [-0.4, -0.2) is 85.1 Å². The molecule has 12 heteroatoms. The molecule has 2 aromatic rings. The first-order chi connectivity index (χ1) is 16.4. The number of benzene rings is 2. The second-order valence-electron chi connectivity index (χ2n) is 6.93. The SMILES string of the molecule is CC(CO)(CO)C(=O)O.COc1ccc(C(=O)O)cc1OC.COc1ccc(C(=O)O)cc1OC. The minimum absolute atomic E-state index is 0.178. The molecule has 12 nitrogen and oxygen atoms in total. The summed E-state index contributed by atoms with van der Waals surface area (Å²) in [7, 11) is 5.92. The Kier molecular flexibility index (Phi) is 13.3. The predicted octanol–water partition coefficient (Wildman–Crippen LogP) is 1.87. The molecule has 0 atom stereocenters. The molecule has 0 radical (unpaired) electrons. The van der Waals surface area contributed by atoms with Gasteiger partial charge in [-0.05, 0) is 43.3 Å². The van der Waals surface area contributed by atoms with Gasteiger partial charge in [-0.15, -0.1) is 0 Å². The zero-order valence-electron chi connectivity index (χ0n) is 20.0. The van der Waals surface area contributed by atoms with E-state index in [1.165, 1.54) is 59.6 Å². The van der Waals surface area contributed by atoms with Gasteiger partial charge in [0.15, 0.2) is 23.0 Å². The lowest BCUT2D eigenvalue weighted by Gasteiger charge is -2.17. The Morgan fingerprint density at radius 2 is 0.971 bits per heavy atom. The summed E-state index contributed by atoms with van der Waals surface area (Å²) in [5, 5.41) is 42.5. The lowest BCUT2D eigenvalue weighted by Crippen LogP contribution is -2.35. The number of aliphatic hydroxyl groups is 2. The van der Waals surface area contributed by atoms with Crippen LogP contribution in [0, 0.1) is 5.41 Å². The average molecular weight is 498 g/mol. The van der Waals surface area contributed by atoms with E-state index in [0.29, 0.717) is 23.0 Å². The molecule has 2 rings (SSSR count). The van der Waals surface area contributed by atoms with Gasteiger partial charge in [-0.3, -0.25) is 4.79 Å². The van der Waals surface area contributed by atoms with Gasteiger partial charge >= 0.3 is 17.9 Å². The van der Waals surface area contributed by atoms with Crippen LogP contribution in [0.15, 0.2) is 36.4 Å². The largest absolute Gasteiger partial charge is 0.493 e. The molecular formula is C23H30O12. The highest BCUT2D eigenvalue weighted by Crippen LogP contribution is 2.28. The monoisotopic (exact) mass is 498 g/mol. The summed E-state index contributed by atoms with van der Waals surface area (Å²) >= 11 is 0. The Bertz CT molecular complexity index is 917. The number of carbonyl (C=O) groups is 3. The van der Waals surface area contributed by atoms with Crippen LogP contribution in [0.25, 0.3) is 0 Å². The van der Waals surface area contributed by atoms with E-state index in [0.717, 1.165) is 0 Å². The minimum atomic E-state index is -1.39. The van der Waals surface area contributed by atoms with Crippen molar-refractivity contribution in [2.24, 2.45) is 5.41 Å². The van der Waals surface area contributed by atoms with Crippen LogP contribution in [0.3, 0.4) is 0 Å². The number of hydrogen-bond donors (Lipinski definition) is 5. The summed E-state index contributed by atoms with van der Waals surface area (Å²) in [4.78, 5) is 31.3. The highest BCUT2D eigenvalue weighted by molar-refractivity contribution is 5.89. The number of rotatable bonds is 9. The standard InChI is InChI=1S/2C9H10O4.C5H10O4/c2*1-12-7-4-3-6(9(10)11)5-8(7)13-2;1-5(2-6,3-7)4(8)9/h2*3-5H,1-2H3,(H,10,11);6-7H,2-3H2,1H3,(H,8,9). The van der Waals surface area contributed by atoms with Crippen LogP contribution in [0.1, 0.15) is 27.6 Å². The van der Waals surface area contributed by atoms with Gasteiger partial charge < -0.3 is 44.5 Å². The number of hydrogen-bond acceptors (Lipinski definition) is 9. The number of aliphatic carboxylic acids is 1. The van der Waals surface area contributed by atoms with Gasteiger partial charge in [0.2, 0.25) is 0 Å². The van der Waals surface area contributed by atoms with Crippen molar-refractivity contribution in [1.82, 2.24) is 0 Å². The van der Waals surface area contributed by atoms with E-state index in [1.54, 1.807) is 12.1 Å². The van der Waals surface area contributed by atoms with Crippen LogP contribution in [0.5, 0.6) is 23.0 Å². The molecule has 0 aliphatic carbocycles. The van der Waals surface area contributed by atoms with E-state index in [9.17, 15) is 14.4 Å². The fourth-order valence-electron chi connectivity index (χ4n) is 2.12. The van der Waals surface area contributed by atoms with Crippen molar-refractivity contribution in [1.29, 1.82) is 0 Å². The Morgan fingerprint density at radius 3 is 1.14 bits per heavy atom. The summed E-state index contributed by atoms with van der Waals surface area (Å²) in [6, 6.07) is 8.88. The number of aliphatic hydroxyl groups excluding tert-OH is 2. The molecule has 0 saturated carbocycles. The molecule has 35 heavy (non-hydrogen) atoms. The summed E-state index contributed by atoms with van der Waals surface area (Å²) < 4.78 is 19.8. The van der Waals surface area contributed by atoms with Crippen molar-refractivity contribution in [2.45, 2.75) is 6.92 Å². The normalized spacial score (nSPS) is 9.91. The fraction of sp³-hybridized carbons (Fsp3) is 0.348. The average Bonchev–Trinajstić information content (AvgIpc) is 2.87. The summed E-state index contributed by atoms with van der Waals surface area (Å²) in [6.45, 7) is 0.187. The Morgan fingerprint density at radius 1 is 0.657 bits per heavy atom. The van der Waals surface area contributed by atoms with E-state index < -0.39 is 36.5 Å². The van der Waals surface area contributed by atoms with Gasteiger partial charge in [-0.25, -0.2) is 9.59 Å². The van der Waals surface area contributed by atoms with Crippen LogP contribution < -0.4 is 18.9 Å². The molecule has 194 valence electrons. The molecule has 0 aliphatic heterocycles. The lowest BCUT2D eigenvalue weighted by molar-refractivity contribution is -0.152. The number of aromatic carboxylic acids is 2. The Balaban J connectivity index is 0.000000506. The third-order valence-corrected chi connectivity index (χ3v) is 4.48. The molecule has 0 saturated heterocycles. The maximum atomic E-state index is 10.6. The molecule has 0 aliphatic rings. The molecule has 0 fully saturated rings. The number of methoxy groups -OCH3 is 4. The molecule has 5 N–H and O–H groups in total. The minimum Gasteiger partial charge on any atom is -0.493 e. The number of ether oxygens (including phenoxy) is 4. The van der Waals surface area contributed by atoms with Gasteiger partial charge in [0.1, 0.15) is 5.41 Å². The smallest absolute Gasteiger partial charge is 0.335 e. The topological polar surface area (TPSA) is 189 Å². The molecular weight excluding hydrogens is 468 g/mol. The predicted molar refractivity (Wildman–Crippen MR) is 123 cm³/mol. The summed E-state index contributed by atoms with van der Waals surface area (Å²) in [5.74, 6) is -1.28. The zero-order valence-corrected chi connectivity index (χ0v) is 20.0. The Hall–Kier alpha value is -4.03. The van der Waals surface area contributed by atoms with E-state index in [2.05, 4.69) is 0 Å². The van der Waals surface area contributed by atoms with Gasteiger partial charge in [0.05, 0.1) is 52.8 Å². The molecule has 0 amide bonds. The first-order valence-corrected chi connectivity index (χ1v) is 9.80. The van der Waals surface area contributed by atoms with E-state index >= 15 is 0 Å². The maximum Gasteiger partial charge on any atom is 0.335 e. The summed E-state index contributed by atoms with van der Waals surface area (Å²) in [5.41, 5.74) is -1.03. The van der Waals surface area contributed by atoms with Crippen molar-refractivity contribution in [2.75, 3.05) is 41.7 Å². The second kappa shape index (κ2) is 15.0. The number of carboxylic acid groups (broad SMARTS) is 3. The Labute approximate surface area is 201 Å². The van der Waals surface area contributed by atoms with Gasteiger partial charge in [0, 0.05) is 0 Å². The van der Waals surface area contributed by atoms with E-state index in [-0.39, 0.29) is 11.1 Å². The summed E-state index contributed by atoms with van der Waals surface area (Å²) in [6.07, 6.45) is 0. The third-order valence-electron chi connectivity index (χ3n) is 4.48. The van der Waals surface area contributed by atoms with E-state index in [4.69, 9.17) is 44.5 Å². The lowest BCUT2D eigenvalue weighted by atomic mass is 9.94. The second-order valence-corrected chi connectivity index (χ2v) is 6.93. The molecule has 0 heterocycles. The fourth-order valence-corrected chi connectivity index (χ4v) is 2.12. The highest BCUT2D eigenvalue weighted by Gasteiger charge is 2.31. The van der Waals surface area contributed by atoms with Gasteiger partial charge in [-0.2, -0.15) is 0 Å². The molecule has 0 unspecified atom stereocenters. The molecule has 0 aromatic heterocycles. The highest BCUT2D eigenvalue weighted by atomic mass is 16.5. The van der Waals surface area contributed by atoms with Crippen molar-refractivity contribution >= 4 is 17.9 Å². The molecule has 0 bridgehead atoms. The van der Waals surface area contributed by atoms with Crippen molar-refractivity contribution in [3.8, 4) is 23.0 Å². The van der Waals surface area contributed by atoms with Crippen LogP contribution in [0.2, 0.25) is 0 Å². The molecule has 2 aromatic carbocycles. The van der Waals surface area contributed by atoms with Crippen LogP contribution in [0.4, 0.5) is 0 Å². The number of carboxylic acids is 3. The first kappa shape index (κ1) is 31.0. The van der Waals surface area contributed by atoms with Gasteiger partial charge in [0.25, 0.3) is 0 Å². The quantitative estimate of drug-likeness (QED) is 0.338. The third kappa shape index (κ3) is 9.39. The zero-order chi connectivity index (χ0) is 27.2. The van der Waals surface area contributed by atoms with Crippen LogP contribution >= 0.6 is 0 Å². The van der Waals surface area contributed by atoms with Crippen molar-refractivity contribution < 1.29 is 58.9 Å². The first-order valence-electron chi connectivity index (χ1n) is 9.80. The van der Waals surface area contributed by atoms with Gasteiger partial charge in [-0.1, -0.05) is 0 Å². The molecule has 0 spiro atoms. The van der Waals surface area contributed by atoms with Crippen molar-refractivity contribution in [3.05, 3.63) is 47.5 Å². The van der Waals surface area contributed by atoms with Crippen molar-refractivity contribution in [3.63, 3.8) is 0 Å². The van der Waals surface area contributed by atoms with E-state index in [1.807, 2.05) is 0 Å².